The van der Waals surface area contributed by atoms with E-state index in [4.69, 9.17) is 0 Å². The van der Waals surface area contributed by atoms with Crippen molar-refractivity contribution in [1.82, 2.24) is 5.32 Å². The number of hydrogen-bond acceptors (Lipinski definition) is 2. The molecule has 0 amide bonds. The molecule has 2 heteroatoms. The predicted octanol–water partition coefficient (Wildman–Crippen LogP) is 4.47. The summed E-state index contributed by atoms with van der Waals surface area (Å²) in [4.78, 5) is 0. The molecule has 18 heavy (non-hydrogen) atoms. The molecule has 0 bridgehead atoms. The van der Waals surface area contributed by atoms with Crippen LogP contribution in [0.4, 0.5) is 0 Å². The van der Waals surface area contributed by atoms with Crippen LogP contribution in [0.3, 0.4) is 0 Å². The van der Waals surface area contributed by atoms with Crippen LogP contribution in [0.2, 0.25) is 0 Å². The van der Waals surface area contributed by atoms with E-state index in [-0.39, 0.29) is 0 Å². The first kappa shape index (κ1) is 14.7. The molecule has 2 atom stereocenters. The van der Waals surface area contributed by atoms with Crippen LogP contribution in [0, 0.1) is 11.3 Å². The van der Waals surface area contributed by atoms with Crippen LogP contribution >= 0.6 is 11.8 Å². The third-order valence-electron chi connectivity index (χ3n) is 5.41. The monoisotopic (exact) mass is 269 g/mol. The van der Waals surface area contributed by atoms with E-state index in [2.05, 4.69) is 44.8 Å². The lowest BCUT2D eigenvalue weighted by molar-refractivity contribution is 0.134. The SMILES string of the molecule is CCC(C)(C)C1CCC(NC2CSC(C)C2)CC1. The Balaban J connectivity index is 1.73. The molecule has 1 aliphatic heterocycles. The van der Waals surface area contributed by atoms with Gasteiger partial charge in [-0.2, -0.15) is 11.8 Å². The molecule has 0 spiro atoms. The standard InChI is InChI=1S/C16H31NS/c1-5-16(3,4)13-6-8-14(9-7-13)17-15-10-12(2)18-11-15/h12-15,17H,5-11H2,1-4H3. The summed E-state index contributed by atoms with van der Waals surface area (Å²) < 4.78 is 0. The van der Waals surface area contributed by atoms with Crippen molar-refractivity contribution in [1.29, 1.82) is 0 Å². The number of nitrogens with one attached hydrogen (secondary N) is 1. The van der Waals surface area contributed by atoms with Gasteiger partial charge in [-0.15, -0.1) is 0 Å². The van der Waals surface area contributed by atoms with E-state index in [0.29, 0.717) is 5.41 Å². The molecule has 1 heterocycles. The Hall–Kier alpha value is 0.310. The summed E-state index contributed by atoms with van der Waals surface area (Å²) in [5.41, 5.74) is 0.558. The van der Waals surface area contributed by atoms with Gasteiger partial charge in [0, 0.05) is 23.1 Å². The van der Waals surface area contributed by atoms with E-state index >= 15 is 0 Å². The molecular weight excluding hydrogens is 238 g/mol. The number of thioether (sulfide) groups is 1. The van der Waals surface area contributed by atoms with Gasteiger partial charge in [-0.05, 0) is 43.4 Å². The number of rotatable bonds is 4. The van der Waals surface area contributed by atoms with Crippen LogP contribution in [0.1, 0.15) is 66.2 Å². The van der Waals surface area contributed by atoms with Crippen LogP contribution < -0.4 is 5.32 Å². The maximum Gasteiger partial charge on any atom is 0.0171 e. The molecule has 1 nitrogen and oxygen atoms in total. The highest BCUT2D eigenvalue weighted by Crippen LogP contribution is 2.40. The molecule has 0 radical (unpaired) electrons. The van der Waals surface area contributed by atoms with Gasteiger partial charge < -0.3 is 5.32 Å². The Labute approximate surface area is 118 Å². The fourth-order valence-corrected chi connectivity index (χ4v) is 4.76. The number of hydrogen-bond donors (Lipinski definition) is 1. The molecule has 106 valence electrons. The average molecular weight is 269 g/mol. The fourth-order valence-electron chi connectivity index (χ4n) is 3.60. The Morgan fingerprint density at radius 1 is 1.11 bits per heavy atom. The highest BCUT2D eigenvalue weighted by molar-refractivity contribution is 8.00. The second-order valence-corrected chi connectivity index (χ2v) is 8.61. The third-order valence-corrected chi connectivity index (χ3v) is 6.77. The molecular formula is C16H31NS. The van der Waals surface area contributed by atoms with Crippen molar-refractivity contribution in [3.63, 3.8) is 0 Å². The molecule has 0 aromatic carbocycles. The van der Waals surface area contributed by atoms with Gasteiger partial charge in [-0.3, -0.25) is 0 Å². The Kier molecular flexibility index (Phi) is 5.05. The summed E-state index contributed by atoms with van der Waals surface area (Å²) in [5, 5.41) is 4.79. The first-order valence-corrected chi connectivity index (χ1v) is 8.93. The van der Waals surface area contributed by atoms with Gasteiger partial charge in [0.1, 0.15) is 0 Å². The van der Waals surface area contributed by atoms with Crippen LogP contribution in [0.5, 0.6) is 0 Å². The van der Waals surface area contributed by atoms with Crippen molar-refractivity contribution in [2.24, 2.45) is 11.3 Å². The first-order chi connectivity index (χ1) is 8.51. The molecule has 1 aliphatic carbocycles. The Morgan fingerprint density at radius 2 is 1.78 bits per heavy atom. The molecule has 2 aliphatic rings. The minimum Gasteiger partial charge on any atom is -0.310 e. The first-order valence-electron chi connectivity index (χ1n) is 7.89. The quantitative estimate of drug-likeness (QED) is 0.808. The molecule has 2 unspecified atom stereocenters. The normalized spacial score (nSPS) is 38.0. The molecule has 1 saturated carbocycles. The predicted molar refractivity (Wildman–Crippen MR) is 83.3 cm³/mol. The minimum absolute atomic E-state index is 0.558. The van der Waals surface area contributed by atoms with Gasteiger partial charge in [0.2, 0.25) is 0 Å². The summed E-state index contributed by atoms with van der Waals surface area (Å²) in [6, 6.07) is 1.61. The van der Waals surface area contributed by atoms with Gasteiger partial charge in [0.05, 0.1) is 0 Å². The van der Waals surface area contributed by atoms with E-state index in [0.717, 1.165) is 23.3 Å². The zero-order chi connectivity index (χ0) is 13.2. The molecule has 2 fully saturated rings. The maximum atomic E-state index is 3.92. The van der Waals surface area contributed by atoms with Gasteiger partial charge >= 0.3 is 0 Å². The zero-order valence-corrected chi connectivity index (χ0v) is 13.5. The van der Waals surface area contributed by atoms with Crippen LogP contribution in [-0.4, -0.2) is 23.1 Å². The Morgan fingerprint density at radius 3 is 2.28 bits per heavy atom. The van der Waals surface area contributed by atoms with Crippen molar-refractivity contribution in [2.45, 2.75) is 83.6 Å². The van der Waals surface area contributed by atoms with Crippen molar-refractivity contribution in [3.05, 3.63) is 0 Å². The second kappa shape index (κ2) is 6.17. The van der Waals surface area contributed by atoms with E-state index in [1.54, 1.807) is 0 Å². The van der Waals surface area contributed by atoms with Crippen LogP contribution in [0.15, 0.2) is 0 Å². The second-order valence-electron chi connectivity index (χ2n) is 7.13. The van der Waals surface area contributed by atoms with E-state index < -0.39 is 0 Å². The summed E-state index contributed by atoms with van der Waals surface area (Å²) in [5.74, 6) is 2.29. The largest absolute Gasteiger partial charge is 0.310 e. The smallest absolute Gasteiger partial charge is 0.0171 e. The Bertz CT molecular complexity index is 256. The lowest BCUT2D eigenvalue weighted by atomic mass is 9.69. The fraction of sp³-hybridized carbons (Fsp3) is 1.00. The van der Waals surface area contributed by atoms with E-state index in [9.17, 15) is 0 Å². The average Bonchev–Trinajstić information content (AvgIpc) is 2.75. The van der Waals surface area contributed by atoms with Gasteiger partial charge in [0.15, 0.2) is 0 Å². The molecule has 1 N–H and O–H groups in total. The zero-order valence-electron chi connectivity index (χ0n) is 12.7. The topological polar surface area (TPSA) is 12.0 Å². The molecule has 0 aromatic heterocycles. The van der Waals surface area contributed by atoms with Gasteiger partial charge in [0.25, 0.3) is 0 Å². The van der Waals surface area contributed by atoms with Crippen molar-refractivity contribution >= 4 is 11.8 Å². The summed E-state index contributed by atoms with van der Waals surface area (Å²) in [7, 11) is 0. The van der Waals surface area contributed by atoms with E-state index in [1.807, 2.05) is 0 Å². The summed E-state index contributed by atoms with van der Waals surface area (Å²) in [6.45, 7) is 9.63. The lowest BCUT2D eigenvalue weighted by Gasteiger charge is -2.39. The maximum absolute atomic E-state index is 3.92. The minimum atomic E-state index is 0.558. The molecule has 2 rings (SSSR count). The van der Waals surface area contributed by atoms with Crippen LogP contribution in [0.25, 0.3) is 0 Å². The summed E-state index contributed by atoms with van der Waals surface area (Å²) >= 11 is 2.14. The molecule has 1 saturated heterocycles. The van der Waals surface area contributed by atoms with Crippen LogP contribution in [-0.2, 0) is 0 Å². The van der Waals surface area contributed by atoms with E-state index in [1.165, 1.54) is 44.3 Å². The van der Waals surface area contributed by atoms with Gasteiger partial charge in [-0.25, -0.2) is 0 Å². The van der Waals surface area contributed by atoms with Crippen molar-refractivity contribution < 1.29 is 0 Å². The lowest BCUT2D eigenvalue weighted by Crippen LogP contribution is -2.42. The highest BCUT2D eigenvalue weighted by Gasteiger charge is 2.33. The third kappa shape index (κ3) is 3.66. The highest BCUT2D eigenvalue weighted by atomic mass is 32.2. The van der Waals surface area contributed by atoms with Crippen molar-refractivity contribution in [2.75, 3.05) is 5.75 Å². The van der Waals surface area contributed by atoms with Gasteiger partial charge in [-0.1, -0.05) is 34.1 Å². The van der Waals surface area contributed by atoms with Crippen molar-refractivity contribution in [3.8, 4) is 0 Å². The summed E-state index contributed by atoms with van der Waals surface area (Å²) in [6.07, 6.45) is 8.40. The molecule has 0 aromatic rings.